The first-order chi connectivity index (χ1) is 9.20. The molecule has 2 aromatic rings. The predicted octanol–water partition coefficient (Wildman–Crippen LogP) is 3.03. The fraction of sp³-hybridized carbons (Fsp3) is 0.143. The minimum absolute atomic E-state index is 0.113. The second kappa shape index (κ2) is 6.33. The van der Waals surface area contributed by atoms with Crippen molar-refractivity contribution in [3.63, 3.8) is 0 Å². The molecule has 0 aliphatic heterocycles. The molecule has 0 atom stereocenters. The monoisotopic (exact) mass is 320 g/mol. The predicted molar refractivity (Wildman–Crippen MR) is 77.3 cm³/mol. The molecule has 0 aliphatic carbocycles. The molecule has 1 aromatic heterocycles. The highest BCUT2D eigenvalue weighted by Crippen LogP contribution is 2.21. The van der Waals surface area contributed by atoms with Crippen molar-refractivity contribution in [3.05, 3.63) is 52.8 Å². The summed E-state index contributed by atoms with van der Waals surface area (Å²) in [5.74, 6) is 0.598. The molecule has 1 amide bonds. The molecule has 2 rings (SSSR count). The number of amides is 1. The number of carbonyl (C=O) groups is 1. The first-order valence-electron chi connectivity index (χ1n) is 5.73. The summed E-state index contributed by atoms with van der Waals surface area (Å²) in [4.78, 5) is 16.0. The topological polar surface area (TPSA) is 51.2 Å². The van der Waals surface area contributed by atoms with Crippen LogP contribution in [0, 0.1) is 0 Å². The van der Waals surface area contributed by atoms with Crippen molar-refractivity contribution >= 4 is 27.5 Å². The van der Waals surface area contributed by atoms with Crippen molar-refractivity contribution in [2.75, 3.05) is 12.4 Å². The lowest BCUT2D eigenvalue weighted by Crippen LogP contribution is -2.15. The number of carbonyl (C=O) groups excluding carboxylic acids is 1. The number of methoxy groups -OCH3 is 1. The number of hydrogen-bond acceptors (Lipinski definition) is 3. The molecule has 1 heterocycles. The van der Waals surface area contributed by atoms with Crippen LogP contribution in [-0.4, -0.2) is 18.0 Å². The summed E-state index contributed by atoms with van der Waals surface area (Å²) < 4.78 is 5.83. The Balaban J connectivity index is 2.08. The van der Waals surface area contributed by atoms with Gasteiger partial charge in [-0.2, -0.15) is 0 Å². The van der Waals surface area contributed by atoms with Crippen LogP contribution in [0.5, 0.6) is 5.75 Å². The highest BCUT2D eigenvalue weighted by Gasteiger charge is 2.09. The number of halogens is 1. The number of hydrogen-bond donors (Lipinski definition) is 1. The lowest BCUT2D eigenvalue weighted by molar-refractivity contribution is -0.115. The molecule has 1 N–H and O–H groups in total. The Labute approximate surface area is 119 Å². The molecular weight excluding hydrogens is 308 g/mol. The third kappa shape index (κ3) is 3.54. The maximum Gasteiger partial charge on any atom is 0.229 e. The van der Waals surface area contributed by atoms with Gasteiger partial charge in [0.2, 0.25) is 5.91 Å². The number of ether oxygens (including phenoxy) is 1. The van der Waals surface area contributed by atoms with Crippen LogP contribution >= 0.6 is 15.9 Å². The van der Waals surface area contributed by atoms with Gasteiger partial charge in [-0.05, 0) is 34.1 Å². The van der Waals surface area contributed by atoms with Crippen LogP contribution in [0.15, 0.2) is 47.2 Å². The van der Waals surface area contributed by atoms with Gasteiger partial charge in [0, 0.05) is 11.8 Å². The van der Waals surface area contributed by atoms with Crippen molar-refractivity contribution in [3.8, 4) is 5.75 Å². The van der Waals surface area contributed by atoms with E-state index in [1.807, 2.05) is 24.3 Å². The largest absolute Gasteiger partial charge is 0.496 e. The Morgan fingerprint density at radius 2 is 2.11 bits per heavy atom. The van der Waals surface area contributed by atoms with E-state index in [1.54, 1.807) is 25.4 Å². The number of pyridine rings is 1. The first-order valence-corrected chi connectivity index (χ1v) is 6.52. The fourth-order valence-corrected chi connectivity index (χ4v) is 2.05. The molecule has 0 radical (unpaired) electrons. The molecule has 0 saturated heterocycles. The van der Waals surface area contributed by atoms with Crippen LogP contribution in [0.1, 0.15) is 5.56 Å². The van der Waals surface area contributed by atoms with Gasteiger partial charge in [-0.1, -0.05) is 18.2 Å². The number of para-hydroxylation sites is 1. The van der Waals surface area contributed by atoms with Crippen molar-refractivity contribution in [1.29, 1.82) is 0 Å². The smallest absolute Gasteiger partial charge is 0.229 e. The minimum Gasteiger partial charge on any atom is -0.496 e. The summed E-state index contributed by atoms with van der Waals surface area (Å²) in [5, 5.41) is 2.81. The standard InChI is InChI=1S/C14H13BrN2O2/c1-19-12-7-3-2-5-10(12)9-13(18)17-11-6-4-8-16-14(11)15/h2-8H,9H2,1H3,(H,17,18). The van der Waals surface area contributed by atoms with Crippen LogP contribution in [0.2, 0.25) is 0 Å². The van der Waals surface area contributed by atoms with E-state index in [9.17, 15) is 4.79 Å². The van der Waals surface area contributed by atoms with Crippen LogP contribution < -0.4 is 10.1 Å². The molecule has 0 unspecified atom stereocenters. The van der Waals surface area contributed by atoms with E-state index in [0.29, 0.717) is 16.0 Å². The molecule has 0 aliphatic rings. The van der Waals surface area contributed by atoms with Gasteiger partial charge >= 0.3 is 0 Å². The van der Waals surface area contributed by atoms with E-state index in [2.05, 4.69) is 26.2 Å². The summed E-state index contributed by atoms with van der Waals surface area (Å²) in [6.07, 6.45) is 1.91. The Hall–Kier alpha value is -1.88. The zero-order valence-corrected chi connectivity index (χ0v) is 12.0. The third-order valence-corrected chi connectivity index (χ3v) is 3.21. The van der Waals surface area contributed by atoms with Crippen LogP contribution in [0.25, 0.3) is 0 Å². The van der Waals surface area contributed by atoms with Crippen molar-refractivity contribution < 1.29 is 9.53 Å². The third-order valence-electron chi connectivity index (χ3n) is 2.58. The van der Waals surface area contributed by atoms with E-state index >= 15 is 0 Å². The number of aromatic nitrogens is 1. The lowest BCUT2D eigenvalue weighted by Gasteiger charge is -2.09. The summed E-state index contributed by atoms with van der Waals surface area (Å²) >= 11 is 3.29. The molecule has 0 spiro atoms. The highest BCUT2D eigenvalue weighted by molar-refractivity contribution is 9.10. The first kappa shape index (κ1) is 13.5. The maximum atomic E-state index is 12.0. The van der Waals surface area contributed by atoms with E-state index < -0.39 is 0 Å². The van der Waals surface area contributed by atoms with Crippen LogP contribution in [-0.2, 0) is 11.2 Å². The van der Waals surface area contributed by atoms with Gasteiger partial charge in [-0.15, -0.1) is 0 Å². The van der Waals surface area contributed by atoms with Crippen LogP contribution in [0.4, 0.5) is 5.69 Å². The number of rotatable bonds is 4. The van der Waals surface area contributed by atoms with Gasteiger partial charge in [0.15, 0.2) is 0 Å². The zero-order chi connectivity index (χ0) is 13.7. The van der Waals surface area contributed by atoms with Crippen molar-refractivity contribution in [2.45, 2.75) is 6.42 Å². The van der Waals surface area contributed by atoms with Gasteiger partial charge in [-0.25, -0.2) is 4.98 Å². The van der Waals surface area contributed by atoms with Crippen molar-refractivity contribution in [2.24, 2.45) is 0 Å². The number of nitrogens with zero attached hydrogens (tertiary/aromatic N) is 1. The number of anilines is 1. The van der Waals surface area contributed by atoms with Gasteiger partial charge in [-0.3, -0.25) is 4.79 Å². The molecule has 1 aromatic carbocycles. The SMILES string of the molecule is COc1ccccc1CC(=O)Nc1cccnc1Br. The van der Waals surface area contributed by atoms with E-state index in [-0.39, 0.29) is 12.3 Å². The maximum absolute atomic E-state index is 12.0. The highest BCUT2D eigenvalue weighted by atomic mass is 79.9. The summed E-state index contributed by atoms with van der Waals surface area (Å²) in [7, 11) is 1.59. The summed E-state index contributed by atoms with van der Waals surface area (Å²) in [6, 6.07) is 11.0. The average molecular weight is 321 g/mol. The van der Waals surface area contributed by atoms with E-state index in [4.69, 9.17) is 4.74 Å². The Morgan fingerprint density at radius 1 is 1.32 bits per heavy atom. The molecule has 0 fully saturated rings. The minimum atomic E-state index is -0.113. The van der Waals surface area contributed by atoms with Gasteiger partial charge in [0.1, 0.15) is 10.4 Å². The lowest BCUT2D eigenvalue weighted by atomic mass is 10.1. The zero-order valence-electron chi connectivity index (χ0n) is 10.4. The molecule has 4 nitrogen and oxygen atoms in total. The molecular formula is C14H13BrN2O2. The average Bonchev–Trinajstić information content (AvgIpc) is 2.42. The quantitative estimate of drug-likeness (QED) is 0.881. The fourth-order valence-electron chi connectivity index (χ4n) is 1.70. The van der Waals surface area contributed by atoms with Gasteiger partial charge < -0.3 is 10.1 Å². The summed E-state index contributed by atoms with van der Waals surface area (Å²) in [5.41, 5.74) is 1.50. The molecule has 19 heavy (non-hydrogen) atoms. The normalized spacial score (nSPS) is 10.0. The Kier molecular flexibility index (Phi) is 4.52. The van der Waals surface area contributed by atoms with Crippen LogP contribution in [0.3, 0.4) is 0 Å². The Bertz CT molecular complexity index is 587. The molecule has 0 saturated carbocycles. The molecule has 0 bridgehead atoms. The van der Waals surface area contributed by atoms with E-state index in [0.717, 1.165) is 5.56 Å². The number of benzene rings is 1. The second-order valence-corrected chi connectivity index (χ2v) is 4.63. The summed E-state index contributed by atoms with van der Waals surface area (Å²) in [6.45, 7) is 0. The van der Waals surface area contributed by atoms with E-state index in [1.165, 1.54) is 0 Å². The Morgan fingerprint density at radius 3 is 2.84 bits per heavy atom. The molecule has 98 valence electrons. The molecule has 5 heteroatoms. The van der Waals surface area contributed by atoms with Gasteiger partial charge in [0.05, 0.1) is 19.2 Å². The number of nitrogens with one attached hydrogen (secondary N) is 1. The van der Waals surface area contributed by atoms with Gasteiger partial charge in [0.25, 0.3) is 0 Å². The van der Waals surface area contributed by atoms with Crippen molar-refractivity contribution in [1.82, 2.24) is 4.98 Å². The second-order valence-electron chi connectivity index (χ2n) is 3.88.